The SMILES string of the molecule is CN(C)C(=O)Cn1cc(NC(=O)C2CCCN2)cn1. The van der Waals surface area contributed by atoms with E-state index in [1.807, 2.05) is 0 Å². The van der Waals surface area contributed by atoms with Crippen LogP contribution in [0, 0.1) is 0 Å². The lowest BCUT2D eigenvalue weighted by molar-refractivity contribution is -0.129. The first-order chi connectivity index (χ1) is 9.06. The monoisotopic (exact) mass is 265 g/mol. The number of carbonyl (C=O) groups excluding carboxylic acids is 2. The highest BCUT2D eigenvalue weighted by atomic mass is 16.2. The van der Waals surface area contributed by atoms with Crippen molar-refractivity contribution in [3.8, 4) is 0 Å². The second-order valence-corrected chi connectivity index (χ2v) is 4.85. The van der Waals surface area contributed by atoms with Crippen LogP contribution in [0.15, 0.2) is 12.4 Å². The van der Waals surface area contributed by atoms with Crippen LogP contribution in [0.5, 0.6) is 0 Å². The molecule has 104 valence electrons. The van der Waals surface area contributed by atoms with Gasteiger partial charge in [-0.1, -0.05) is 0 Å². The minimum atomic E-state index is -0.119. The van der Waals surface area contributed by atoms with Gasteiger partial charge in [0.2, 0.25) is 11.8 Å². The van der Waals surface area contributed by atoms with Crippen molar-refractivity contribution in [2.75, 3.05) is 26.0 Å². The molecule has 1 saturated heterocycles. The molecule has 2 N–H and O–H groups in total. The Bertz CT molecular complexity index is 462. The molecule has 1 aliphatic rings. The van der Waals surface area contributed by atoms with Gasteiger partial charge >= 0.3 is 0 Å². The molecule has 1 unspecified atom stereocenters. The number of hydrogen-bond donors (Lipinski definition) is 2. The van der Waals surface area contributed by atoms with E-state index in [0.717, 1.165) is 19.4 Å². The molecule has 7 nitrogen and oxygen atoms in total. The van der Waals surface area contributed by atoms with Gasteiger partial charge in [-0.05, 0) is 19.4 Å². The zero-order valence-corrected chi connectivity index (χ0v) is 11.2. The fourth-order valence-electron chi connectivity index (χ4n) is 1.93. The minimum Gasteiger partial charge on any atom is -0.347 e. The third-order valence-corrected chi connectivity index (χ3v) is 3.07. The summed E-state index contributed by atoms with van der Waals surface area (Å²) in [5.41, 5.74) is 0.616. The molecule has 1 aliphatic heterocycles. The number of amides is 2. The molecule has 0 spiro atoms. The summed E-state index contributed by atoms with van der Waals surface area (Å²) in [4.78, 5) is 24.9. The Morgan fingerprint density at radius 2 is 2.37 bits per heavy atom. The van der Waals surface area contributed by atoms with E-state index < -0.39 is 0 Å². The van der Waals surface area contributed by atoms with Gasteiger partial charge in [0.05, 0.1) is 17.9 Å². The van der Waals surface area contributed by atoms with E-state index >= 15 is 0 Å². The molecule has 1 atom stereocenters. The largest absolute Gasteiger partial charge is 0.347 e. The second-order valence-electron chi connectivity index (χ2n) is 4.85. The maximum Gasteiger partial charge on any atom is 0.243 e. The van der Waals surface area contributed by atoms with Gasteiger partial charge in [0.25, 0.3) is 0 Å². The lowest BCUT2D eigenvalue weighted by Crippen LogP contribution is -2.35. The highest BCUT2D eigenvalue weighted by Gasteiger charge is 2.22. The number of aromatic nitrogens is 2. The van der Waals surface area contributed by atoms with Crippen molar-refractivity contribution in [1.29, 1.82) is 0 Å². The maximum atomic E-state index is 11.9. The van der Waals surface area contributed by atoms with Crippen LogP contribution in [0.4, 0.5) is 5.69 Å². The normalized spacial score (nSPS) is 18.3. The van der Waals surface area contributed by atoms with Crippen molar-refractivity contribution in [1.82, 2.24) is 20.0 Å². The van der Waals surface area contributed by atoms with Crippen LogP contribution in [0.1, 0.15) is 12.8 Å². The summed E-state index contributed by atoms with van der Waals surface area (Å²) in [7, 11) is 3.39. The van der Waals surface area contributed by atoms with Gasteiger partial charge in [0.15, 0.2) is 0 Å². The lowest BCUT2D eigenvalue weighted by Gasteiger charge is -2.10. The Hall–Kier alpha value is -1.89. The molecule has 1 fully saturated rings. The highest BCUT2D eigenvalue weighted by molar-refractivity contribution is 5.94. The molecular weight excluding hydrogens is 246 g/mol. The molecule has 1 aromatic heterocycles. The van der Waals surface area contributed by atoms with Gasteiger partial charge in [0, 0.05) is 20.3 Å². The van der Waals surface area contributed by atoms with Gasteiger partial charge in [-0.2, -0.15) is 5.10 Å². The molecular formula is C12H19N5O2. The summed E-state index contributed by atoms with van der Waals surface area (Å²) >= 11 is 0. The van der Waals surface area contributed by atoms with Crippen LogP contribution in [0.25, 0.3) is 0 Å². The number of likely N-dealkylation sites (N-methyl/N-ethyl adjacent to an activating group) is 1. The fraction of sp³-hybridized carbons (Fsp3) is 0.583. The molecule has 0 radical (unpaired) electrons. The van der Waals surface area contributed by atoms with Crippen molar-refractivity contribution in [2.45, 2.75) is 25.4 Å². The Balaban J connectivity index is 1.90. The molecule has 0 saturated carbocycles. The molecule has 0 bridgehead atoms. The highest BCUT2D eigenvalue weighted by Crippen LogP contribution is 2.10. The van der Waals surface area contributed by atoms with E-state index in [2.05, 4.69) is 15.7 Å². The van der Waals surface area contributed by atoms with Gasteiger partial charge in [-0.3, -0.25) is 14.3 Å². The Kier molecular flexibility index (Phi) is 4.16. The Morgan fingerprint density at radius 1 is 1.58 bits per heavy atom. The standard InChI is InChI=1S/C12H19N5O2/c1-16(2)11(18)8-17-7-9(6-14-17)15-12(19)10-4-3-5-13-10/h6-7,10,13H,3-5,8H2,1-2H3,(H,15,19). The van der Waals surface area contributed by atoms with Crippen LogP contribution >= 0.6 is 0 Å². The predicted molar refractivity (Wildman–Crippen MR) is 70.6 cm³/mol. The first kappa shape index (κ1) is 13.5. The van der Waals surface area contributed by atoms with Gasteiger partial charge < -0.3 is 15.5 Å². The molecule has 1 aromatic rings. The number of hydrogen-bond acceptors (Lipinski definition) is 4. The smallest absolute Gasteiger partial charge is 0.243 e. The zero-order valence-electron chi connectivity index (χ0n) is 11.2. The first-order valence-electron chi connectivity index (χ1n) is 6.33. The summed E-state index contributed by atoms with van der Waals surface area (Å²) in [6.07, 6.45) is 5.10. The summed E-state index contributed by atoms with van der Waals surface area (Å²) in [6.45, 7) is 1.05. The number of carbonyl (C=O) groups is 2. The summed E-state index contributed by atoms with van der Waals surface area (Å²) in [5, 5.41) is 9.98. The van der Waals surface area contributed by atoms with Crippen molar-refractivity contribution < 1.29 is 9.59 Å². The molecule has 0 aliphatic carbocycles. The van der Waals surface area contributed by atoms with Gasteiger partial charge in [-0.25, -0.2) is 0 Å². The van der Waals surface area contributed by atoms with Crippen molar-refractivity contribution >= 4 is 17.5 Å². The molecule has 7 heteroatoms. The van der Waals surface area contributed by atoms with Gasteiger partial charge in [-0.15, -0.1) is 0 Å². The predicted octanol–water partition coefficient (Wildman–Crippen LogP) is -0.338. The van der Waals surface area contributed by atoms with E-state index in [-0.39, 0.29) is 24.4 Å². The minimum absolute atomic E-state index is 0.0431. The summed E-state index contributed by atoms with van der Waals surface area (Å²) in [6, 6.07) is -0.119. The van der Waals surface area contributed by atoms with Crippen LogP contribution in [0.2, 0.25) is 0 Å². The third-order valence-electron chi connectivity index (χ3n) is 3.07. The van der Waals surface area contributed by atoms with Gasteiger partial charge in [0.1, 0.15) is 6.54 Å². The molecule has 0 aromatic carbocycles. The quantitative estimate of drug-likeness (QED) is 0.781. The second kappa shape index (κ2) is 5.83. The zero-order chi connectivity index (χ0) is 13.8. The molecule has 2 rings (SSSR count). The molecule has 2 amide bonds. The maximum absolute atomic E-state index is 11.9. The van der Waals surface area contributed by atoms with E-state index in [1.165, 1.54) is 9.58 Å². The van der Waals surface area contributed by atoms with Crippen LogP contribution in [0.3, 0.4) is 0 Å². The van der Waals surface area contributed by atoms with Crippen LogP contribution in [-0.4, -0.2) is 53.2 Å². The fourth-order valence-corrected chi connectivity index (χ4v) is 1.93. The topological polar surface area (TPSA) is 79.3 Å². The van der Waals surface area contributed by atoms with E-state index in [4.69, 9.17) is 0 Å². The molecule has 2 heterocycles. The van der Waals surface area contributed by atoms with Crippen molar-refractivity contribution in [2.24, 2.45) is 0 Å². The lowest BCUT2D eigenvalue weighted by atomic mass is 10.2. The van der Waals surface area contributed by atoms with Crippen molar-refractivity contribution in [3.05, 3.63) is 12.4 Å². The number of nitrogens with one attached hydrogen (secondary N) is 2. The number of anilines is 1. The Labute approximate surface area is 111 Å². The van der Waals surface area contributed by atoms with E-state index in [1.54, 1.807) is 26.5 Å². The number of nitrogens with zero attached hydrogens (tertiary/aromatic N) is 3. The summed E-state index contributed by atoms with van der Waals surface area (Å²) < 4.78 is 1.51. The molecule has 19 heavy (non-hydrogen) atoms. The summed E-state index contributed by atoms with van der Waals surface area (Å²) in [5.74, 6) is -0.0885. The van der Waals surface area contributed by atoms with Crippen LogP contribution in [-0.2, 0) is 16.1 Å². The number of rotatable bonds is 4. The van der Waals surface area contributed by atoms with Crippen LogP contribution < -0.4 is 10.6 Å². The average molecular weight is 265 g/mol. The first-order valence-corrected chi connectivity index (χ1v) is 6.33. The third kappa shape index (κ3) is 3.54. The van der Waals surface area contributed by atoms with E-state index in [9.17, 15) is 9.59 Å². The average Bonchev–Trinajstić information content (AvgIpc) is 3.00. The Morgan fingerprint density at radius 3 is 3.00 bits per heavy atom. The van der Waals surface area contributed by atoms with E-state index in [0.29, 0.717) is 5.69 Å². The van der Waals surface area contributed by atoms with Crippen molar-refractivity contribution in [3.63, 3.8) is 0 Å².